The number of ether oxygens (including phenoxy) is 1. The predicted molar refractivity (Wildman–Crippen MR) is 62.1 cm³/mol. The maximum absolute atomic E-state index is 11.8. The summed E-state index contributed by atoms with van der Waals surface area (Å²) in [5.74, 6) is 0.483. The molecule has 0 aromatic carbocycles. The van der Waals surface area contributed by atoms with Crippen LogP contribution in [-0.4, -0.2) is 17.8 Å². The van der Waals surface area contributed by atoms with Crippen LogP contribution in [0, 0.1) is 12.8 Å². The van der Waals surface area contributed by atoms with Gasteiger partial charge in [-0.05, 0) is 35.3 Å². The smallest absolute Gasteiger partial charge is 0.253 e. The highest BCUT2D eigenvalue weighted by molar-refractivity contribution is 9.10. The van der Waals surface area contributed by atoms with Gasteiger partial charge < -0.3 is 9.30 Å². The van der Waals surface area contributed by atoms with Crippen LogP contribution in [0.25, 0.3) is 0 Å². The van der Waals surface area contributed by atoms with Crippen molar-refractivity contribution in [1.82, 2.24) is 4.57 Å². The van der Waals surface area contributed by atoms with Gasteiger partial charge in [0, 0.05) is 35.3 Å². The summed E-state index contributed by atoms with van der Waals surface area (Å²) in [5.41, 5.74) is 0.883. The van der Waals surface area contributed by atoms with Gasteiger partial charge in [-0.3, -0.25) is 4.79 Å². The van der Waals surface area contributed by atoms with E-state index in [0.29, 0.717) is 5.92 Å². The van der Waals surface area contributed by atoms with Crippen molar-refractivity contribution in [3.05, 3.63) is 32.7 Å². The van der Waals surface area contributed by atoms with Crippen LogP contribution in [0.2, 0.25) is 0 Å². The molecule has 0 radical (unpaired) electrons. The molecular formula is C11H14BrNO2. The molecule has 0 amide bonds. The van der Waals surface area contributed by atoms with E-state index in [9.17, 15) is 4.79 Å². The highest BCUT2D eigenvalue weighted by Crippen LogP contribution is 2.15. The Morgan fingerprint density at radius 3 is 3.13 bits per heavy atom. The van der Waals surface area contributed by atoms with Crippen LogP contribution < -0.4 is 5.56 Å². The summed E-state index contributed by atoms with van der Waals surface area (Å²) in [5, 5.41) is 0. The van der Waals surface area contributed by atoms with Crippen LogP contribution in [0.5, 0.6) is 0 Å². The van der Waals surface area contributed by atoms with Gasteiger partial charge in [0.05, 0.1) is 6.61 Å². The molecule has 0 N–H and O–H groups in total. The highest BCUT2D eigenvalue weighted by atomic mass is 79.9. The molecule has 3 nitrogen and oxygen atoms in total. The summed E-state index contributed by atoms with van der Waals surface area (Å²) in [6.07, 6.45) is 2.91. The van der Waals surface area contributed by atoms with E-state index in [1.165, 1.54) is 0 Å². The van der Waals surface area contributed by atoms with Gasteiger partial charge in [-0.2, -0.15) is 0 Å². The van der Waals surface area contributed by atoms with E-state index >= 15 is 0 Å². The first-order valence-electron chi connectivity index (χ1n) is 5.11. The molecule has 1 aromatic heterocycles. The quantitative estimate of drug-likeness (QED) is 0.824. The molecule has 1 aliphatic rings. The number of aryl methyl sites for hydroxylation is 1. The number of hydrogen-bond acceptors (Lipinski definition) is 2. The third-order valence-electron chi connectivity index (χ3n) is 2.71. The lowest BCUT2D eigenvalue weighted by molar-refractivity contribution is 0.182. The molecule has 4 heteroatoms. The van der Waals surface area contributed by atoms with E-state index in [4.69, 9.17) is 4.74 Å². The molecule has 1 unspecified atom stereocenters. The van der Waals surface area contributed by atoms with Gasteiger partial charge >= 0.3 is 0 Å². The topological polar surface area (TPSA) is 31.2 Å². The van der Waals surface area contributed by atoms with Crippen molar-refractivity contribution in [2.45, 2.75) is 19.9 Å². The normalized spacial score (nSPS) is 20.8. The number of pyridine rings is 1. The van der Waals surface area contributed by atoms with Gasteiger partial charge in [-0.1, -0.05) is 0 Å². The van der Waals surface area contributed by atoms with E-state index in [-0.39, 0.29) is 5.56 Å². The Hall–Kier alpha value is -0.610. The number of nitrogens with zero attached hydrogens (tertiary/aromatic N) is 1. The van der Waals surface area contributed by atoms with Gasteiger partial charge in [0.1, 0.15) is 0 Å². The number of hydrogen-bond donors (Lipinski definition) is 0. The van der Waals surface area contributed by atoms with Crippen LogP contribution >= 0.6 is 15.9 Å². The summed E-state index contributed by atoms with van der Waals surface area (Å²) in [6, 6.07) is 1.85. The Balaban J connectivity index is 2.23. The van der Waals surface area contributed by atoms with Crippen molar-refractivity contribution >= 4 is 15.9 Å². The second-order valence-corrected chi connectivity index (χ2v) is 4.94. The van der Waals surface area contributed by atoms with Crippen LogP contribution in [0.3, 0.4) is 0 Å². The fraction of sp³-hybridized carbons (Fsp3) is 0.545. The average molecular weight is 272 g/mol. The molecule has 2 rings (SSSR count). The lowest BCUT2D eigenvalue weighted by Crippen LogP contribution is -2.25. The number of rotatable bonds is 2. The first kappa shape index (κ1) is 10.9. The van der Waals surface area contributed by atoms with Crippen molar-refractivity contribution in [2.24, 2.45) is 5.92 Å². The van der Waals surface area contributed by atoms with E-state index in [1.807, 2.05) is 19.2 Å². The van der Waals surface area contributed by atoms with Gasteiger partial charge in [0.2, 0.25) is 0 Å². The summed E-state index contributed by atoms with van der Waals surface area (Å²) >= 11 is 3.41. The largest absolute Gasteiger partial charge is 0.381 e. The lowest BCUT2D eigenvalue weighted by atomic mass is 10.1. The Morgan fingerprint density at radius 2 is 2.47 bits per heavy atom. The zero-order valence-electron chi connectivity index (χ0n) is 8.70. The molecular weight excluding hydrogens is 258 g/mol. The molecule has 1 fully saturated rings. The monoisotopic (exact) mass is 271 g/mol. The number of halogens is 1. The Morgan fingerprint density at radius 1 is 1.67 bits per heavy atom. The Bertz CT molecular complexity index is 408. The molecule has 0 bridgehead atoms. The highest BCUT2D eigenvalue weighted by Gasteiger charge is 2.16. The first-order valence-corrected chi connectivity index (χ1v) is 5.90. The second kappa shape index (κ2) is 4.49. The summed E-state index contributed by atoms with van der Waals surface area (Å²) < 4.78 is 8.04. The minimum Gasteiger partial charge on any atom is -0.381 e. The van der Waals surface area contributed by atoms with E-state index in [2.05, 4.69) is 15.9 Å². The average Bonchev–Trinajstić information content (AvgIpc) is 2.66. The van der Waals surface area contributed by atoms with E-state index < -0.39 is 0 Å². The molecule has 0 spiro atoms. The fourth-order valence-corrected chi connectivity index (χ4v) is 2.47. The lowest BCUT2D eigenvalue weighted by Gasteiger charge is -2.11. The van der Waals surface area contributed by atoms with Crippen molar-refractivity contribution in [2.75, 3.05) is 13.2 Å². The van der Waals surface area contributed by atoms with Crippen LogP contribution in [-0.2, 0) is 11.3 Å². The molecule has 1 saturated heterocycles. The van der Waals surface area contributed by atoms with Gasteiger partial charge in [0.15, 0.2) is 0 Å². The van der Waals surface area contributed by atoms with Crippen LogP contribution in [0.15, 0.2) is 21.5 Å². The second-order valence-electron chi connectivity index (χ2n) is 4.03. The molecule has 1 aromatic rings. The summed E-state index contributed by atoms with van der Waals surface area (Å²) in [7, 11) is 0. The predicted octanol–water partition coefficient (Wildman–Crippen LogP) is 1.96. The fourth-order valence-electron chi connectivity index (χ4n) is 1.88. The number of aromatic nitrogens is 1. The van der Waals surface area contributed by atoms with Gasteiger partial charge in [-0.15, -0.1) is 0 Å². The van der Waals surface area contributed by atoms with Crippen molar-refractivity contribution in [3.63, 3.8) is 0 Å². The maximum atomic E-state index is 11.8. The summed E-state index contributed by atoms with van der Waals surface area (Å²) in [6.45, 7) is 4.21. The molecule has 0 saturated carbocycles. The standard InChI is InChI=1S/C11H14BrNO2/c1-8-4-10(12)6-13(11(8)14)5-9-2-3-15-7-9/h4,6,9H,2-3,5,7H2,1H3. The molecule has 15 heavy (non-hydrogen) atoms. The first-order chi connectivity index (χ1) is 7.16. The minimum atomic E-state index is 0.102. The molecule has 1 aliphatic heterocycles. The van der Waals surface area contributed by atoms with Gasteiger partial charge in [0.25, 0.3) is 5.56 Å². The van der Waals surface area contributed by atoms with E-state index in [1.54, 1.807) is 4.57 Å². The Labute approximate surface area is 97.2 Å². The Kier molecular flexibility index (Phi) is 3.26. The zero-order chi connectivity index (χ0) is 10.8. The maximum Gasteiger partial charge on any atom is 0.253 e. The van der Waals surface area contributed by atoms with Crippen molar-refractivity contribution in [1.29, 1.82) is 0 Å². The molecule has 2 heterocycles. The zero-order valence-corrected chi connectivity index (χ0v) is 10.3. The molecule has 0 aliphatic carbocycles. The van der Waals surface area contributed by atoms with E-state index in [0.717, 1.165) is 36.2 Å². The van der Waals surface area contributed by atoms with Crippen molar-refractivity contribution < 1.29 is 4.74 Å². The third kappa shape index (κ3) is 2.49. The van der Waals surface area contributed by atoms with Gasteiger partial charge in [-0.25, -0.2) is 0 Å². The van der Waals surface area contributed by atoms with Crippen LogP contribution in [0.4, 0.5) is 0 Å². The van der Waals surface area contributed by atoms with Crippen LogP contribution in [0.1, 0.15) is 12.0 Å². The SMILES string of the molecule is Cc1cc(Br)cn(CC2CCOC2)c1=O. The summed E-state index contributed by atoms with van der Waals surface area (Å²) in [4.78, 5) is 11.8. The third-order valence-corrected chi connectivity index (χ3v) is 3.14. The molecule has 1 atom stereocenters. The minimum absolute atomic E-state index is 0.102. The molecule has 82 valence electrons. The van der Waals surface area contributed by atoms with Crippen molar-refractivity contribution in [3.8, 4) is 0 Å².